The molecule has 4 aromatic rings. The Hall–Kier alpha value is -2.94. The van der Waals surface area contributed by atoms with Crippen molar-refractivity contribution >= 4 is 21.8 Å². The molecule has 2 aromatic carbocycles. The number of hydrogen-bond acceptors (Lipinski definition) is 3. The first-order valence-electron chi connectivity index (χ1n) is 7.30. The van der Waals surface area contributed by atoms with Crippen molar-refractivity contribution in [3.8, 4) is 17.0 Å². The minimum absolute atomic E-state index is 0.561. The molecule has 5 rings (SSSR count). The van der Waals surface area contributed by atoms with Gasteiger partial charge in [-0.15, -0.1) is 0 Å². The molecule has 0 aliphatic carbocycles. The van der Waals surface area contributed by atoms with E-state index >= 15 is 0 Å². The molecule has 0 bridgehead atoms. The van der Waals surface area contributed by atoms with Crippen LogP contribution in [-0.2, 0) is 6.61 Å². The van der Waals surface area contributed by atoms with Crippen LogP contribution in [0.5, 0.6) is 5.75 Å². The summed E-state index contributed by atoms with van der Waals surface area (Å²) in [6.07, 6.45) is 1.86. The summed E-state index contributed by atoms with van der Waals surface area (Å²) in [4.78, 5) is 9.39. The minimum Gasteiger partial charge on any atom is -0.488 e. The number of benzene rings is 2. The summed E-state index contributed by atoms with van der Waals surface area (Å²) in [6, 6.07) is 18.4. The van der Waals surface area contributed by atoms with Gasteiger partial charge in [-0.1, -0.05) is 30.3 Å². The fourth-order valence-corrected chi connectivity index (χ4v) is 3.11. The first-order valence-corrected chi connectivity index (χ1v) is 7.30. The molecule has 0 saturated carbocycles. The third-order valence-electron chi connectivity index (χ3n) is 4.18. The van der Waals surface area contributed by atoms with Crippen molar-refractivity contribution in [2.45, 2.75) is 6.61 Å². The van der Waals surface area contributed by atoms with Crippen LogP contribution >= 0.6 is 0 Å². The first-order chi connectivity index (χ1) is 10.9. The lowest BCUT2D eigenvalue weighted by atomic mass is 10.00. The van der Waals surface area contributed by atoms with Gasteiger partial charge in [0.15, 0.2) is 0 Å². The Balaban J connectivity index is 1.88. The highest BCUT2D eigenvalue weighted by atomic mass is 16.5. The van der Waals surface area contributed by atoms with Crippen molar-refractivity contribution < 1.29 is 4.74 Å². The van der Waals surface area contributed by atoms with Crippen LogP contribution in [0.1, 0.15) is 5.56 Å². The number of fused-ring (bicyclic) bond motifs is 6. The topological polar surface area (TPSA) is 35.0 Å². The van der Waals surface area contributed by atoms with E-state index in [0.29, 0.717) is 6.61 Å². The molecule has 1 aliphatic rings. The Morgan fingerprint density at radius 2 is 1.73 bits per heavy atom. The van der Waals surface area contributed by atoms with Crippen molar-refractivity contribution in [2.24, 2.45) is 0 Å². The molecule has 2 aromatic heterocycles. The van der Waals surface area contributed by atoms with Crippen LogP contribution in [0.25, 0.3) is 33.1 Å². The van der Waals surface area contributed by atoms with Crippen LogP contribution in [-0.4, -0.2) is 9.97 Å². The average molecular weight is 284 g/mol. The number of para-hydroxylation sites is 2. The van der Waals surface area contributed by atoms with Crippen LogP contribution < -0.4 is 4.74 Å². The van der Waals surface area contributed by atoms with Gasteiger partial charge in [-0.25, -0.2) is 4.98 Å². The molecule has 3 nitrogen and oxygen atoms in total. The predicted molar refractivity (Wildman–Crippen MR) is 86.8 cm³/mol. The molecule has 22 heavy (non-hydrogen) atoms. The fourth-order valence-electron chi connectivity index (χ4n) is 3.11. The molecule has 1 aliphatic heterocycles. The van der Waals surface area contributed by atoms with Crippen molar-refractivity contribution in [1.29, 1.82) is 0 Å². The number of rotatable bonds is 0. The van der Waals surface area contributed by atoms with Gasteiger partial charge in [0.2, 0.25) is 0 Å². The van der Waals surface area contributed by atoms with E-state index in [1.165, 1.54) is 0 Å². The molecule has 3 heterocycles. The normalized spacial score (nSPS) is 12.7. The standard InChI is InChI=1S/C19H12N2O/c1-3-7-16-13(5-1)15-9-12-11-22-18-8-4-2-6-14(18)19(12)21-17(15)10-20-16/h1-10H,11H2. The summed E-state index contributed by atoms with van der Waals surface area (Å²) >= 11 is 0. The zero-order valence-electron chi connectivity index (χ0n) is 11.8. The van der Waals surface area contributed by atoms with E-state index in [0.717, 1.165) is 44.4 Å². The number of hydrogen-bond donors (Lipinski definition) is 0. The quantitative estimate of drug-likeness (QED) is 0.450. The van der Waals surface area contributed by atoms with Crippen molar-refractivity contribution in [1.82, 2.24) is 9.97 Å². The van der Waals surface area contributed by atoms with E-state index < -0.39 is 0 Å². The highest BCUT2D eigenvalue weighted by Crippen LogP contribution is 2.38. The van der Waals surface area contributed by atoms with Crippen LogP contribution in [0.4, 0.5) is 0 Å². The maximum absolute atomic E-state index is 5.86. The van der Waals surface area contributed by atoms with Gasteiger partial charge in [0.05, 0.1) is 22.9 Å². The van der Waals surface area contributed by atoms with Crippen molar-refractivity contribution in [3.05, 3.63) is 66.4 Å². The Morgan fingerprint density at radius 3 is 2.73 bits per heavy atom. The molecule has 0 atom stereocenters. The Bertz CT molecular complexity index is 1040. The lowest BCUT2D eigenvalue weighted by Crippen LogP contribution is -2.07. The van der Waals surface area contributed by atoms with Gasteiger partial charge in [0.25, 0.3) is 0 Å². The molecule has 104 valence electrons. The van der Waals surface area contributed by atoms with E-state index in [1.807, 2.05) is 42.6 Å². The van der Waals surface area contributed by atoms with Gasteiger partial charge in [-0.3, -0.25) is 4.98 Å². The summed E-state index contributed by atoms with van der Waals surface area (Å²) in [6.45, 7) is 0.561. The van der Waals surface area contributed by atoms with Gasteiger partial charge in [0.1, 0.15) is 12.4 Å². The smallest absolute Gasteiger partial charge is 0.129 e. The van der Waals surface area contributed by atoms with Gasteiger partial charge in [-0.2, -0.15) is 0 Å². The Morgan fingerprint density at radius 1 is 0.864 bits per heavy atom. The van der Waals surface area contributed by atoms with E-state index in [-0.39, 0.29) is 0 Å². The van der Waals surface area contributed by atoms with Crippen LogP contribution in [0.15, 0.2) is 60.8 Å². The molecule has 0 fully saturated rings. The van der Waals surface area contributed by atoms with Crippen LogP contribution in [0, 0.1) is 0 Å². The summed E-state index contributed by atoms with van der Waals surface area (Å²) in [5.74, 6) is 0.899. The second kappa shape index (κ2) is 4.28. The molecule has 0 N–H and O–H groups in total. The number of aromatic nitrogens is 2. The largest absolute Gasteiger partial charge is 0.488 e. The Labute approximate surface area is 127 Å². The van der Waals surface area contributed by atoms with Crippen LogP contribution in [0.2, 0.25) is 0 Å². The van der Waals surface area contributed by atoms with E-state index in [2.05, 4.69) is 23.2 Å². The zero-order valence-corrected chi connectivity index (χ0v) is 11.8. The third-order valence-corrected chi connectivity index (χ3v) is 4.18. The minimum atomic E-state index is 0.561. The average Bonchev–Trinajstić information content (AvgIpc) is 2.60. The van der Waals surface area contributed by atoms with Crippen LogP contribution in [0.3, 0.4) is 0 Å². The molecule has 0 spiro atoms. The maximum Gasteiger partial charge on any atom is 0.129 e. The predicted octanol–water partition coefficient (Wildman–Crippen LogP) is 4.34. The van der Waals surface area contributed by atoms with Gasteiger partial charge >= 0.3 is 0 Å². The molecule has 3 heteroatoms. The second-order valence-electron chi connectivity index (χ2n) is 5.49. The number of nitrogens with zero attached hydrogens (tertiary/aromatic N) is 2. The SMILES string of the molecule is c1ccc2c(c1)OCc1cc3c(cnc4ccccc43)nc1-2. The van der Waals surface area contributed by atoms with E-state index in [4.69, 9.17) is 9.72 Å². The lowest BCUT2D eigenvalue weighted by molar-refractivity contribution is 0.302. The summed E-state index contributed by atoms with van der Waals surface area (Å²) < 4.78 is 5.86. The fraction of sp³-hybridized carbons (Fsp3) is 0.0526. The third kappa shape index (κ3) is 1.56. The highest BCUT2D eigenvalue weighted by Gasteiger charge is 2.19. The second-order valence-corrected chi connectivity index (χ2v) is 5.49. The number of ether oxygens (including phenoxy) is 1. The first kappa shape index (κ1) is 11.7. The van der Waals surface area contributed by atoms with E-state index in [9.17, 15) is 0 Å². The molecule has 0 saturated heterocycles. The van der Waals surface area contributed by atoms with Gasteiger partial charge in [-0.05, 0) is 24.3 Å². The van der Waals surface area contributed by atoms with Gasteiger partial charge < -0.3 is 4.74 Å². The van der Waals surface area contributed by atoms with E-state index in [1.54, 1.807) is 0 Å². The zero-order chi connectivity index (χ0) is 14.5. The monoisotopic (exact) mass is 284 g/mol. The molecular weight excluding hydrogens is 272 g/mol. The Kier molecular flexibility index (Phi) is 2.27. The summed E-state index contributed by atoms with van der Waals surface area (Å²) in [5.41, 5.74) is 5.11. The highest BCUT2D eigenvalue weighted by molar-refractivity contribution is 6.05. The molecular formula is C19H12N2O. The lowest BCUT2D eigenvalue weighted by Gasteiger charge is -2.20. The van der Waals surface area contributed by atoms with Gasteiger partial charge in [0, 0.05) is 21.9 Å². The molecule has 0 radical (unpaired) electrons. The molecule has 0 amide bonds. The maximum atomic E-state index is 5.86. The van der Waals surface area contributed by atoms with Crippen molar-refractivity contribution in [2.75, 3.05) is 0 Å². The summed E-state index contributed by atoms with van der Waals surface area (Å²) in [7, 11) is 0. The summed E-state index contributed by atoms with van der Waals surface area (Å²) in [5, 5.41) is 2.27. The van der Waals surface area contributed by atoms with Crippen molar-refractivity contribution in [3.63, 3.8) is 0 Å². The number of pyridine rings is 2. The molecule has 0 unspecified atom stereocenters.